The van der Waals surface area contributed by atoms with E-state index < -0.39 is 18.5 Å². The third kappa shape index (κ3) is 4.61. The van der Waals surface area contributed by atoms with Gasteiger partial charge in [-0.2, -0.15) is 0 Å². The van der Waals surface area contributed by atoms with Gasteiger partial charge in [-0.05, 0) is 31.0 Å². The third-order valence-corrected chi connectivity index (χ3v) is 6.80. The number of ketones is 2. The number of rotatable bonds is 7. The molecule has 3 aromatic carbocycles. The average molecular weight is 485 g/mol. The van der Waals surface area contributed by atoms with Crippen LogP contribution < -0.4 is 5.32 Å². The Bertz CT molecular complexity index is 1460. The maximum Gasteiger partial charge on any atom is 0.306 e. The van der Waals surface area contributed by atoms with Crippen LogP contribution in [0.2, 0.25) is 0 Å². The monoisotopic (exact) mass is 484 g/mol. The zero-order chi connectivity index (χ0) is 24.4. The topological polar surface area (TPSA) is 102 Å². The second-order valence-corrected chi connectivity index (χ2v) is 9.18. The predicted molar refractivity (Wildman–Crippen MR) is 132 cm³/mol. The van der Waals surface area contributed by atoms with Crippen LogP contribution >= 0.6 is 11.3 Å². The number of nitrogens with one attached hydrogen (secondary N) is 1. The van der Waals surface area contributed by atoms with Crippen LogP contribution in [0.5, 0.6) is 0 Å². The van der Waals surface area contributed by atoms with Gasteiger partial charge in [-0.3, -0.25) is 19.2 Å². The summed E-state index contributed by atoms with van der Waals surface area (Å²) in [6, 6.07) is 19.2. The molecule has 5 rings (SSSR count). The van der Waals surface area contributed by atoms with Crippen molar-refractivity contribution in [3.63, 3.8) is 0 Å². The highest BCUT2D eigenvalue weighted by atomic mass is 32.1. The molecule has 0 saturated carbocycles. The maximum atomic E-state index is 13.0. The van der Waals surface area contributed by atoms with Crippen molar-refractivity contribution in [3.8, 4) is 0 Å². The molecule has 0 fully saturated rings. The molecular weight excluding hydrogens is 464 g/mol. The van der Waals surface area contributed by atoms with E-state index in [9.17, 15) is 19.2 Å². The Balaban J connectivity index is 1.16. The number of hydrogen-bond donors (Lipinski definition) is 1. The van der Waals surface area contributed by atoms with Crippen molar-refractivity contribution in [3.05, 3.63) is 94.0 Å². The Kier molecular flexibility index (Phi) is 6.20. The third-order valence-electron chi connectivity index (χ3n) is 5.70. The van der Waals surface area contributed by atoms with Crippen molar-refractivity contribution in [2.45, 2.75) is 19.3 Å². The van der Waals surface area contributed by atoms with Gasteiger partial charge in [0.2, 0.25) is 0 Å². The lowest BCUT2D eigenvalue weighted by Crippen LogP contribution is -2.26. The normalized spacial score (nSPS) is 12.2. The van der Waals surface area contributed by atoms with Crippen LogP contribution in [0.15, 0.2) is 66.7 Å². The van der Waals surface area contributed by atoms with Crippen LogP contribution in [0.25, 0.3) is 10.2 Å². The highest BCUT2D eigenvalue weighted by Crippen LogP contribution is 2.32. The standard InChI is InChI=1S/C27H20N2O5S/c30-22(15-34-24(31)14-6-13-23-29-19-10-3-4-12-21(19)35-23)28-20-11-5-9-18-25(20)27(33)17-8-2-1-7-16(17)26(18)32/h1-5,7-12H,6,13-15H2,(H,28,30). The minimum Gasteiger partial charge on any atom is -0.456 e. The molecule has 7 nitrogen and oxygen atoms in total. The van der Waals surface area contributed by atoms with Crippen LogP contribution in [0.1, 0.15) is 49.7 Å². The molecule has 0 atom stereocenters. The van der Waals surface area contributed by atoms with Crippen molar-refractivity contribution in [2.75, 3.05) is 11.9 Å². The molecule has 0 unspecified atom stereocenters. The molecule has 35 heavy (non-hydrogen) atoms. The van der Waals surface area contributed by atoms with Crippen LogP contribution in [-0.2, 0) is 20.7 Å². The van der Waals surface area contributed by atoms with Gasteiger partial charge in [0.05, 0.1) is 26.5 Å². The summed E-state index contributed by atoms with van der Waals surface area (Å²) in [5.41, 5.74) is 2.18. The van der Waals surface area contributed by atoms with E-state index in [2.05, 4.69) is 10.3 Å². The zero-order valence-electron chi connectivity index (χ0n) is 18.6. The Morgan fingerprint density at radius 1 is 0.857 bits per heavy atom. The van der Waals surface area contributed by atoms with Crippen molar-refractivity contribution >= 4 is 50.7 Å². The summed E-state index contributed by atoms with van der Waals surface area (Å²) in [5.74, 6) is -1.68. The molecule has 1 heterocycles. The van der Waals surface area contributed by atoms with Crippen molar-refractivity contribution < 1.29 is 23.9 Å². The molecule has 1 N–H and O–H groups in total. The van der Waals surface area contributed by atoms with Crippen LogP contribution in [0.4, 0.5) is 5.69 Å². The molecule has 0 aliphatic heterocycles. The van der Waals surface area contributed by atoms with Crippen molar-refractivity contribution in [2.24, 2.45) is 0 Å². The predicted octanol–water partition coefficient (Wildman–Crippen LogP) is 4.58. The van der Waals surface area contributed by atoms with Crippen LogP contribution in [0.3, 0.4) is 0 Å². The number of anilines is 1. The van der Waals surface area contributed by atoms with Crippen molar-refractivity contribution in [1.29, 1.82) is 0 Å². The molecule has 1 aliphatic rings. The lowest BCUT2D eigenvalue weighted by atomic mass is 9.83. The van der Waals surface area contributed by atoms with E-state index in [1.807, 2.05) is 24.3 Å². The summed E-state index contributed by atoms with van der Waals surface area (Å²) in [5, 5.41) is 3.56. The number of hydrogen-bond acceptors (Lipinski definition) is 7. The number of nitrogens with zero attached hydrogens (tertiary/aromatic N) is 1. The average Bonchev–Trinajstić information content (AvgIpc) is 3.29. The molecule has 8 heteroatoms. The van der Waals surface area contributed by atoms with E-state index in [0.717, 1.165) is 15.2 Å². The fourth-order valence-corrected chi connectivity index (χ4v) is 5.07. The summed E-state index contributed by atoms with van der Waals surface area (Å²) in [7, 11) is 0. The van der Waals surface area contributed by atoms with Gasteiger partial charge >= 0.3 is 5.97 Å². The number of esters is 1. The number of carbonyl (C=O) groups is 4. The summed E-state index contributed by atoms with van der Waals surface area (Å²) in [4.78, 5) is 54.9. The van der Waals surface area contributed by atoms with E-state index >= 15 is 0 Å². The first-order chi connectivity index (χ1) is 17.0. The molecule has 174 valence electrons. The number of aryl methyl sites for hydroxylation is 1. The number of thiazole rings is 1. The SMILES string of the molecule is O=C(COC(=O)CCCc1nc2ccccc2s1)Nc1cccc2c1C(=O)c1ccccc1C2=O. The number of ether oxygens (including phenoxy) is 1. The summed E-state index contributed by atoms with van der Waals surface area (Å²) in [6.07, 6.45) is 1.37. The highest BCUT2D eigenvalue weighted by molar-refractivity contribution is 7.18. The number of benzene rings is 3. The smallest absolute Gasteiger partial charge is 0.306 e. The number of para-hydroxylation sites is 1. The van der Waals surface area contributed by atoms with Crippen LogP contribution in [0, 0.1) is 0 Å². The quantitative estimate of drug-likeness (QED) is 0.339. The summed E-state index contributed by atoms with van der Waals surface area (Å²) >= 11 is 1.60. The zero-order valence-corrected chi connectivity index (χ0v) is 19.4. The fourth-order valence-electron chi connectivity index (χ4n) is 4.06. The van der Waals surface area contributed by atoms with E-state index in [0.29, 0.717) is 24.0 Å². The first kappa shape index (κ1) is 22.6. The molecule has 0 bridgehead atoms. The summed E-state index contributed by atoms with van der Waals surface area (Å²) < 4.78 is 6.21. The van der Waals surface area contributed by atoms with Gasteiger partial charge in [0.15, 0.2) is 18.2 Å². The van der Waals surface area contributed by atoms with E-state index in [1.165, 1.54) is 0 Å². The minimum absolute atomic E-state index is 0.145. The van der Waals surface area contributed by atoms with Gasteiger partial charge in [0, 0.05) is 23.1 Å². The largest absolute Gasteiger partial charge is 0.456 e. The van der Waals surface area contributed by atoms with Gasteiger partial charge in [-0.25, -0.2) is 4.98 Å². The molecule has 0 radical (unpaired) electrons. The van der Waals surface area contributed by atoms with Crippen LogP contribution in [-0.4, -0.2) is 35.0 Å². The van der Waals surface area contributed by atoms with Gasteiger partial charge in [-0.1, -0.05) is 48.5 Å². The Morgan fingerprint density at radius 2 is 1.57 bits per heavy atom. The lowest BCUT2D eigenvalue weighted by molar-refractivity contribution is -0.147. The Labute approximate surface area is 204 Å². The lowest BCUT2D eigenvalue weighted by Gasteiger charge is -2.20. The van der Waals surface area contributed by atoms with E-state index in [1.54, 1.807) is 53.8 Å². The van der Waals surface area contributed by atoms with Crippen molar-refractivity contribution in [1.82, 2.24) is 4.98 Å². The highest BCUT2D eigenvalue weighted by Gasteiger charge is 2.31. The maximum absolute atomic E-state index is 13.0. The molecular formula is C27H20N2O5S. The second kappa shape index (κ2) is 9.60. The molecule has 1 amide bonds. The Hall–Kier alpha value is -4.17. The first-order valence-corrected chi connectivity index (χ1v) is 11.9. The van der Waals surface area contributed by atoms with E-state index in [4.69, 9.17) is 4.74 Å². The first-order valence-electron chi connectivity index (χ1n) is 11.1. The number of aromatic nitrogens is 1. The van der Waals surface area contributed by atoms with Gasteiger partial charge in [-0.15, -0.1) is 11.3 Å². The number of fused-ring (bicyclic) bond motifs is 3. The van der Waals surface area contributed by atoms with Gasteiger partial charge in [0.25, 0.3) is 5.91 Å². The second-order valence-electron chi connectivity index (χ2n) is 8.07. The molecule has 1 aliphatic carbocycles. The van der Waals surface area contributed by atoms with Gasteiger partial charge < -0.3 is 10.1 Å². The molecule has 0 saturated heterocycles. The molecule has 0 spiro atoms. The molecule has 4 aromatic rings. The minimum atomic E-state index is -0.586. The van der Waals surface area contributed by atoms with Gasteiger partial charge in [0.1, 0.15) is 0 Å². The Morgan fingerprint density at radius 3 is 2.37 bits per heavy atom. The fraction of sp³-hybridized carbons (Fsp3) is 0.148. The summed E-state index contributed by atoms with van der Waals surface area (Å²) in [6.45, 7) is -0.484. The number of amides is 1. The molecule has 1 aromatic heterocycles. The van der Waals surface area contributed by atoms with E-state index in [-0.39, 0.29) is 34.8 Å². The number of carbonyl (C=O) groups excluding carboxylic acids is 4.